The van der Waals surface area contributed by atoms with Crippen molar-refractivity contribution >= 4 is 35.1 Å². The van der Waals surface area contributed by atoms with Gasteiger partial charge in [0.1, 0.15) is 6.04 Å². The average molecular weight is 487 g/mol. The molecular weight excluding hydrogens is 456 g/mol. The van der Waals surface area contributed by atoms with Crippen molar-refractivity contribution in [1.29, 1.82) is 0 Å². The molecule has 3 rings (SSSR count). The number of nitrogens with two attached hydrogens (primary N) is 1. The number of hydrogen-bond donors (Lipinski definition) is 1. The van der Waals surface area contributed by atoms with E-state index in [1.165, 1.54) is 0 Å². The van der Waals surface area contributed by atoms with Gasteiger partial charge in [-0.15, -0.1) is 0 Å². The van der Waals surface area contributed by atoms with Gasteiger partial charge in [0.15, 0.2) is 0 Å². The highest BCUT2D eigenvalue weighted by Crippen LogP contribution is 2.25. The normalized spacial score (nSPS) is 15.5. The van der Waals surface area contributed by atoms with E-state index in [-0.39, 0.29) is 31.4 Å². The van der Waals surface area contributed by atoms with Gasteiger partial charge in [0, 0.05) is 49.9 Å². The number of carbonyl (C=O) groups excluding carboxylic acids is 3. The number of rotatable bonds is 10. The number of halogens is 1. The fraction of sp³-hybridized carbons (Fsp3) is 0.400. The highest BCUT2D eigenvalue weighted by molar-refractivity contribution is 6.30. The van der Waals surface area contributed by atoms with Crippen molar-refractivity contribution in [2.75, 3.05) is 50.8 Å². The zero-order chi connectivity index (χ0) is 24.5. The molecule has 182 valence electrons. The fourth-order valence-corrected chi connectivity index (χ4v) is 4.17. The minimum atomic E-state index is -0.522. The van der Waals surface area contributed by atoms with Crippen LogP contribution in [0.25, 0.3) is 0 Å². The molecule has 2 amide bonds. The van der Waals surface area contributed by atoms with Gasteiger partial charge >= 0.3 is 5.97 Å². The van der Waals surface area contributed by atoms with Crippen LogP contribution in [0.2, 0.25) is 5.02 Å². The number of amides is 2. The molecule has 1 fully saturated rings. The minimum Gasteiger partial charge on any atom is -0.465 e. The highest BCUT2D eigenvalue weighted by atomic mass is 35.5. The third-order valence-electron chi connectivity index (χ3n) is 5.78. The molecule has 1 unspecified atom stereocenters. The molecule has 0 spiro atoms. The third kappa shape index (κ3) is 7.03. The Bertz CT molecular complexity index is 963. The molecule has 8 nitrogen and oxygen atoms in total. The van der Waals surface area contributed by atoms with Crippen LogP contribution >= 0.6 is 11.6 Å². The zero-order valence-corrected chi connectivity index (χ0v) is 20.1. The Labute approximate surface area is 205 Å². The summed E-state index contributed by atoms with van der Waals surface area (Å²) in [7, 11) is 0. The summed E-state index contributed by atoms with van der Waals surface area (Å²) in [6, 6.07) is 16.0. The first kappa shape index (κ1) is 25.7. The molecule has 1 heterocycles. The Morgan fingerprint density at radius 1 is 1.03 bits per heavy atom. The predicted molar refractivity (Wildman–Crippen MR) is 131 cm³/mol. The Hall–Kier alpha value is -2.94. The molecule has 1 saturated heterocycles. The maximum absolute atomic E-state index is 13.1. The molecule has 0 bridgehead atoms. The van der Waals surface area contributed by atoms with E-state index in [1.54, 1.807) is 24.0 Å². The number of benzene rings is 2. The van der Waals surface area contributed by atoms with E-state index in [0.717, 1.165) is 11.3 Å². The van der Waals surface area contributed by atoms with Gasteiger partial charge in [0.05, 0.1) is 13.2 Å². The monoisotopic (exact) mass is 486 g/mol. The number of nitrogens with zero attached hydrogens (tertiary/aromatic N) is 3. The van der Waals surface area contributed by atoms with Gasteiger partial charge in [-0.05, 0) is 36.8 Å². The molecule has 0 saturated carbocycles. The second-order valence-corrected chi connectivity index (χ2v) is 8.55. The van der Waals surface area contributed by atoms with E-state index in [2.05, 4.69) is 9.80 Å². The summed E-state index contributed by atoms with van der Waals surface area (Å²) in [6.45, 7) is 4.99. The van der Waals surface area contributed by atoms with Crippen LogP contribution in [0.15, 0.2) is 54.6 Å². The van der Waals surface area contributed by atoms with Crippen LogP contribution in [0.5, 0.6) is 0 Å². The lowest BCUT2D eigenvalue weighted by Gasteiger charge is -2.38. The van der Waals surface area contributed by atoms with Gasteiger partial charge in [-0.1, -0.05) is 41.9 Å². The van der Waals surface area contributed by atoms with Crippen LogP contribution in [0.3, 0.4) is 0 Å². The molecule has 1 aliphatic heterocycles. The van der Waals surface area contributed by atoms with Crippen molar-refractivity contribution < 1.29 is 19.1 Å². The molecule has 2 aromatic carbocycles. The van der Waals surface area contributed by atoms with Crippen molar-refractivity contribution in [2.24, 2.45) is 5.73 Å². The summed E-state index contributed by atoms with van der Waals surface area (Å²) in [5.74, 6) is -0.842. The minimum absolute atomic E-state index is 0.0940. The SMILES string of the molecule is CCOC(=O)C(c1ccc(Cl)cc1)N1CCN(CC(=O)N(CCC(N)=O)c2ccccc2)CC1. The van der Waals surface area contributed by atoms with Crippen molar-refractivity contribution in [3.05, 3.63) is 65.2 Å². The lowest BCUT2D eigenvalue weighted by Crippen LogP contribution is -2.52. The van der Waals surface area contributed by atoms with E-state index < -0.39 is 11.9 Å². The standard InChI is InChI=1S/C25H31ClN4O4/c1-2-34-25(33)24(19-8-10-20(26)11-9-19)29-16-14-28(15-17-29)18-23(32)30(13-12-22(27)31)21-6-4-3-5-7-21/h3-11,24H,2,12-18H2,1H3,(H2,27,31). The van der Waals surface area contributed by atoms with Crippen molar-refractivity contribution in [3.63, 3.8) is 0 Å². The molecule has 1 atom stereocenters. The van der Waals surface area contributed by atoms with Crippen LogP contribution in [0.1, 0.15) is 24.9 Å². The summed E-state index contributed by atoms with van der Waals surface area (Å²) in [4.78, 5) is 42.9. The van der Waals surface area contributed by atoms with E-state index in [0.29, 0.717) is 37.8 Å². The Morgan fingerprint density at radius 3 is 2.26 bits per heavy atom. The first-order valence-electron chi connectivity index (χ1n) is 11.4. The number of hydrogen-bond acceptors (Lipinski definition) is 6. The number of primary amides is 1. The van der Waals surface area contributed by atoms with Gasteiger partial charge in [-0.3, -0.25) is 19.4 Å². The van der Waals surface area contributed by atoms with Gasteiger partial charge in [0.25, 0.3) is 0 Å². The van der Waals surface area contributed by atoms with Gasteiger partial charge < -0.3 is 15.4 Å². The largest absolute Gasteiger partial charge is 0.465 e. The van der Waals surface area contributed by atoms with Crippen LogP contribution in [-0.4, -0.2) is 73.5 Å². The molecule has 1 aliphatic rings. The quantitative estimate of drug-likeness (QED) is 0.518. The Morgan fingerprint density at radius 2 is 1.68 bits per heavy atom. The maximum atomic E-state index is 13.1. The molecule has 2 N–H and O–H groups in total. The van der Waals surface area contributed by atoms with E-state index in [9.17, 15) is 14.4 Å². The number of esters is 1. The first-order valence-corrected chi connectivity index (χ1v) is 11.8. The second kappa shape index (κ2) is 12.5. The molecule has 9 heteroatoms. The number of piperazine rings is 1. The van der Waals surface area contributed by atoms with Gasteiger partial charge in [0.2, 0.25) is 11.8 Å². The second-order valence-electron chi connectivity index (χ2n) is 8.12. The summed E-state index contributed by atoms with van der Waals surface area (Å²) in [5, 5.41) is 0.606. The molecule has 0 radical (unpaired) electrons. The fourth-order valence-electron chi connectivity index (χ4n) is 4.05. The van der Waals surface area contributed by atoms with Gasteiger partial charge in [-0.25, -0.2) is 4.79 Å². The van der Waals surface area contributed by atoms with E-state index in [4.69, 9.17) is 22.1 Å². The maximum Gasteiger partial charge on any atom is 0.328 e. The summed E-state index contributed by atoms with van der Waals surface area (Å²) in [5.41, 5.74) is 6.87. The van der Waals surface area contributed by atoms with Gasteiger partial charge in [-0.2, -0.15) is 0 Å². The highest BCUT2D eigenvalue weighted by Gasteiger charge is 2.32. The topological polar surface area (TPSA) is 96.2 Å². The smallest absolute Gasteiger partial charge is 0.328 e. The van der Waals surface area contributed by atoms with Crippen LogP contribution in [0, 0.1) is 0 Å². The average Bonchev–Trinajstić information content (AvgIpc) is 2.82. The van der Waals surface area contributed by atoms with Crippen molar-refractivity contribution in [3.8, 4) is 0 Å². The van der Waals surface area contributed by atoms with E-state index in [1.807, 2.05) is 42.5 Å². The molecular formula is C25H31ClN4O4. The van der Waals surface area contributed by atoms with Crippen molar-refractivity contribution in [2.45, 2.75) is 19.4 Å². The number of para-hydroxylation sites is 1. The molecule has 0 aliphatic carbocycles. The summed E-state index contributed by atoms with van der Waals surface area (Å²) in [6.07, 6.45) is 0.0940. The van der Waals surface area contributed by atoms with Crippen LogP contribution in [-0.2, 0) is 19.1 Å². The van der Waals surface area contributed by atoms with Crippen LogP contribution < -0.4 is 10.6 Å². The lowest BCUT2D eigenvalue weighted by molar-refractivity contribution is -0.151. The molecule has 2 aromatic rings. The Kier molecular flexibility index (Phi) is 9.44. The van der Waals surface area contributed by atoms with Crippen LogP contribution in [0.4, 0.5) is 5.69 Å². The summed E-state index contributed by atoms with van der Waals surface area (Å²) < 4.78 is 5.33. The number of carbonyl (C=O) groups is 3. The predicted octanol–water partition coefficient (Wildman–Crippen LogP) is 2.47. The number of ether oxygens (including phenoxy) is 1. The van der Waals surface area contributed by atoms with E-state index >= 15 is 0 Å². The first-order chi connectivity index (χ1) is 16.4. The Balaban J connectivity index is 1.64. The zero-order valence-electron chi connectivity index (χ0n) is 19.4. The lowest BCUT2D eigenvalue weighted by atomic mass is 10.0. The molecule has 34 heavy (non-hydrogen) atoms. The summed E-state index contributed by atoms with van der Waals surface area (Å²) >= 11 is 6.02. The third-order valence-corrected chi connectivity index (χ3v) is 6.03. The van der Waals surface area contributed by atoms with Crippen molar-refractivity contribution in [1.82, 2.24) is 9.80 Å². The molecule has 0 aromatic heterocycles. The number of anilines is 1.